The second-order valence-corrected chi connectivity index (χ2v) is 6.42. The normalized spacial score (nSPS) is 11.8. The van der Waals surface area contributed by atoms with Crippen molar-refractivity contribution in [2.45, 2.75) is 19.9 Å². The summed E-state index contributed by atoms with van der Waals surface area (Å²) in [5, 5.41) is 3.53. The molecular formula is C21H19ClN2O. The van der Waals surface area contributed by atoms with Crippen LogP contribution in [-0.4, -0.2) is 10.9 Å². The fourth-order valence-electron chi connectivity index (χ4n) is 2.70. The molecule has 3 rings (SSSR count). The number of rotatable bonds is 4. The lowest BCUT2D eigenvalue weighted by atomic mass is 9.96. The third-order valence-corrected chi connectivity index (χ3v) is 4.61. The van der Waals surface area contributed by atoms with Gasteiger partial charge in [0, 0.05) is 12.4 Å². The van der Waals surface area contributed by atoms with E-state index in [1.54, 1.807) is 36.7 Å². The minimum Gasteiger partial charge on any atom is -0.341 e. The maximum absolute atomic E-state index is 12.8. The summed E-state index contributed by atoms with van der Waals surface area (Å²) in [4.78, 5) is 16.9. The predicted octanol–water partition coefficient (Wildman–Crippen LogP) is 4.87. The van der Waals surface area contributed by atoms with Crippen molar-refractivity contribution in [3.8, 4) is 0 Å². The van der Waals surface area contributed by atoms with Crippen molar-refractivity contribution in [3.63, 3.8) is 0 Å². The van der Waals surface area contributed by atoms with Crippen LogP contribution in [-0.2, 0) is 0 Å². The molecule has 1 N–H and O–H groups in total. The van der Waals surface area contributed by atoms with E-state index < -0.39 is 0 Å². The molecule has 3 aromatic rings. The first-order valence-electron chi connectivity index (χ1n) is 8.08. The van der Waals surface area contributed by atoms with Gasteiger partial charge in [-0.3, -0.25) is 9.78 Å². The second kappa shape index (κ2) is 7.49. The summed E-state index contributed by atoms with van der Waals surface area (Å²) in [6.45, 7) is 4.13. The van der Waals surface area contributed by atoms with Gasteiger partial charge in [-0.25, -0.2) is 0 Å². The minimum atomic E-state index is -0.295. The number of nitrogens with one attached hydrogen (secondary N) is 1. The molecule has 1 atom stereocenters. The van der Waals surface area contributed by atoms with Crippen molar-refractivity contribution in [1.82, 2.24) is 10.3 Å². The molecule has 0 fully saturated rings. The van der Waals surface area contributed by atoms with Gasteiger partial charge in [0.15, 0.2) is 0 Å². The van der Waals surface area contributed by atoms with Gasteiger partial charge in [0.25, 0.3) is 5.91 Å². The molecule has 0 aliphatic rings. The first kappa shape index (κ1) is 17.2. The molecule has 0 aliphatic carbocycles. The Balaban J connectivity index is 1.99. The molecule has 3 nitrogen and oxygen atoms in total. The summed E-state index contributed by atoms with van der Waals surface area (Å²) in [5.74, 6) is -0.210. The summed E-state index contributed by atoms with van der Waals surface area (Å²) in [5.41, 5.74) is 4.79. The molecule has 4 heteroatoms. The van der Waals surface area contributed by atoms with Crippen molar-refractivity contribution in [3.05, 3.63) is 99.8 Å². The van der Waals surface area contributed by atoms with Crippen LogP contribution in [0.3, 0.4) is 0 Å². The van der Waals surface area contributed by atoms with E-state index in [2.05, 4.69) is 36.3 Å². The van der Waals surface area contributed by atoms with E-state index in [4.69, 9.17) is 11.6 Å². The molecule has 2 aromatic carbocycles. The molecule has 0 spiro atoms. The highest BCUT2D eigenvalue weighted by Crippen LogP contribution is 2.25. The first-order chi connectivity index (χ1) is 12.1. The van der Waals surface area contributed by atoms with Crippen LogP contribution in [0.5, 0.6) is 0 Å². The van der Waals surface area contributed by atoms with E-state index in [-0.39, 0.29) is 11.9 Å². The summed E-state index contributed by atoms with van der Waals surface area (Å²) >= 11 is 6.17. The number of carbonyl (C=O) groups excluding carboxylic acids is 1. The average Bonchev–Trinajstić information content (AvgIpc) is 2.63. The van der Waals surface area contributed by atoms with Gasteiger partial charge in [0.2, 0.25) is 0 Å². The van der Waals surface area contributed by atoms with Crippen molar-refractivity contribution >= 4 is 17.5 Å². The van der Waals surface area contributed by atoms with Crippen molar-refractivity contribution in [2.75, 3.05) is 0 Å². The van der Waals surface area contributed by atoms with Gasteiger partial charge in [0.05, 0.1) is 16.6 Å². The van der Waals surface area contributed by atoms with Crippen LogP contribution in [0, 0.1) is 13.8 Å². The molecule has 25 heavy (non-hydrogen) atoms. The van der Waals surface area contributed by atoms with Crippen molar-refractivity contribution in [2.24, 2.45) is 0 Å². The number of benzene rings is 2. The number of hydrogen-bond acceptors (Lipinski definition) is 2. The third kappa shape index (κ3) is 3.89. The molecule has 0 radical (unpaired) electrons. The van der Waals surface area contributed by atoms with Gasteiger partial charge in [0.1, 0.15) is 0 Å². The predicted molar refractivity (Wildman–Crippen MR) is 101 cm³/mol. The van der Waals surface area contributed by atoms with Gasteiger partial charge in [-0.15, -0.1) is 0 Å². The number of pyridine rings is 1. The van der Waals surface area contributed by atoms with E-state index in [0.29, 0.717) is 10.6 Å². The van der Waals surface area contributed by atoms with Crippen molar-refractivity contribution in [1.29, 1.82) is 0 Å². The minimum absolute atomic E-state index is 0.210. The molecule has 1 amide bonds. The zero-order valence-electron chi connectivity index (χ0n) is 14.2. The van der Waals surface area contributed by atoms with Crippen LogP contribution in [0.15, 0.2) is 67.0 Å². The third-order valence-electron chi connectivity index (χ3n) is 4.28. The number of aryl methyl sites for hydroxylation is 2. The van der Waals surface area contributed by atoms with E-state index >= 15 is 0 Å². The summed E-state index contributed by atoms with van der Waals surface area (Å²) in [7, 11) is 0. The molecule has 0 bridgehead atoms. The number of amides is 1. The van der Waals surface area contributed by atoms with E-state index in [1.165, 1.54) is 11.1 Å². The van der Waals surface area contributed by atoms with Crippen LogP contribution < -0.4 is 5.32 Å². The van der Waals surface area contributed by atoms with Crippen LogP contribution >= 0.6 is 11.6 Å². The molecule has 0 saturated heterocycles. The fourth-order valence-corrected chi connectivity index (χ4v) is 2.93. The Morgan fingerprint density at radius 1 is 1.00 bits per heavy atom. The lowest BCUT2D eigenvalue weighted by molar-refractivity contribution is 0.0943. The van der Waals surface area contributed by atoms with E-state index in [1.807, 2.05) is 18.2 Å². The molecule has 126 valence electrons. The van der Waals surface area contributed by atoms with Gasteiger partial charge in [-0.1, -0.05) is 48.0 Å². The lowest BCUT2D eigenvalue weighted by Crippen LogP contribution is -2.29. The number of hydrogen-bond donors (Lipinski definition) is 1. The Bertz CT molecular complexity index is 893. The number of aromatic nitrogens is 1. The standard InChI is InChI=1S/C21H19ClN2O/c1-14-9-10-16(12-15(14)2)20(17-6-5-11-23-13-17)24-21(25)18-7-3-4-8-19(18)22/h3-13,20H,1-2H3,(H,24,25)/t20-/m1/s1. The van der Waals surface area contributed by atoms with Crippen molar-refractivity contribution < 1.29 is 4.79 Å². The fraction of sp³-hybridized carbons (Fsp3) is 0.143. The van der Waals surface area contributed by atoms with E-state index in [0.717, 1.165) is 11.1 Å². The zero-order chi connectivity index (χ0) is 17.8. The first-order valence-corrected chi connectivity index (χ1v) is 8.46. The van der Waals surface area contributed by atoms with Gasteiger partial charge >= 0.3 is 0 Å². The lowest BCUT2D eigenvalue weighted by Gasteiger charge is -2.21. The zero-order valence-corrected chi connectivity index (χ0v) is 14.9. The Hall–Kier alpha value is -2.65. The monoisotopic (exact) mass is 350 g/mol. The van der Waals surface area contributed by atoms with Crippen LogP contribution in [0.25, 0.3) is 0 Å². The summed E-state index contributed by atoms with van der Waals surface area (Å²) in [6.07, 6.45) is 3.49. The molecule has 1 heterocycles. The highest BCUT2D eigenvalue weighted by atomic mass is 35.5. The smallest absolute Gasteiger partial charge is 0.253 e. The Kier molecular flexibility index (Phi) is 5.15. The summed E-state index contributed by atoms with van der Waals surface area (Å²) < 4.78 is 0. The highest BCUT2D eigenvalue weighted by molar-refractivity contribution is 6.33. The SMILES string of the molecule is Cc1ccc([C@@H](NC(=O)c2ccccc2Cl)c2cccnc2)cc1C. The second-order valence-electron chi connectivity index (χ2n) is 6.02. The molecule has 0 saturated carbocycles. The number of halogens is 1. The van der Waals surface area contributed by atoms with Crippen LogP contribution in [0.4, 0.5) is 0 Å². The number of nitrogens with zero attached hydrogens (tertiary/aromatic N) is 1. The van der Waals surface area contributed by atoms with Gasteiger partial charge in [-0.2, -0.15) is 0 Å². The maximum Gasteiger partial charge on any atom is 0.253 e. The van der Waals surface area contributed by atoms with Gasteiger partial charge in [-0.05, 0) is 54.3 Å². The molecule has 1 aromatic heterocycles. The highest BCUT2D eigenvalue weighted by Gasteiger charge is 2.19. The largest absolute Gasteiger partial charge is 0.341 e. The Morgan fingerprint density at radius 3 is 2.48 bits per heavy atom. The maximum atomic E-state index is 12.8. The Morgan fingerprint density at radius 2 is 1.80 bits per heavy atom. The van der Waals surface area contributed by atoms with E-state index in [9.17, 15) is 4.79 Å². The molecule has 0 aliphatic heterocycles. The Labute approximate surface area is 152 Å². The van der Waals surface area contributed by atoms with Crippen LogP contribution in [0.1, 0.15) is 38.7 Å². The van der Waals surface area contributed by atoms with Crippen LogP contribution in [0.2, 0.25) is 5.02 Å². The average molecular weight is 351 g/mol. The molecule has 0 unspecified atom stereocenters. The molecular weight excluding hydrogens is 332 g/mol. The van der Waals surface area contributed by atoms with Gasteiger partial charge < -0.3 is 5.32 Å². The summed E-state index contributed by atoms with van der Waals surface area (Å²) in [6, 6.07) is 16.8. The topological polar surface area (TPSA) is 42.0 Å². The quantitative estimate of drug-likeness (QED) is 0.729. The number of carbonyl (C=O) groups is 1.